The molecule has 9 heteroatoms. The maximum Gasteiger partial charge on any atom is 0.244 e. The van der Waals surface area contributed by atoms with Crippen LogP contribution in [0, 0.1) is 0 Å². The van der Waals surface area contributed by atoms with Crippen molar-refractivity contribution in [2.45, 2.75) is 51.2 Å². The van der Waals surface area contributed by atoms with Crippen LogP contribution in [0.3, 0.4) is 0 Å². The van der Waals surface area contributed by atoms with Gasteiger partial charge in [-0.05, 0) is 48.9 Å². The molecule has 2 amide bonds. The smallest absolute Gasteiger partial charge is 0.244 e. The Morgan fingerprint density at radius 3 is 2.32 bits per heavy atom. The molecule has 0 saturated heterocycles. The number of fused-ring (bicyclic) bond motifs is 1. The Morgan fingerprint density at radius 2 is 1.65 bits per heavy atom. The summed E-state index contributed by atoms with van der Waals surface area (Å²) in [5.41, 5.74) is 1.21. The van der Waals surface area contributed by atoms with Gasteiger partial charge in [-0.1, -0.05) is 73.0 Å². The van der Waals surface area contributed by atoms with Crippen LogP contribution < -0.4 is 9.62 Å². The number of sulfonamides is 1. The zero-order chi connectivity index (χ0) is 26.6. The van der Waals surface area contributed by atoms with E-state index in [9.17, 15) is 18.0 Å². The molecular formula is C28H32ClN3O4S. The largest absolute Gasteiger partial charge is 0.352 e. The highest BCUT2D eigenvalue weighted by atomic mass is 35.5. The van der Waals surface area contributed by atoms with Crippen LogP contribution in [0.2, 0.25) is 5.02 Å². The van der Waals surface area contributed by atoms with Crippen LogP contribution in [0.5, 0.6) is 0 Å². The number of rotatable bonds is 9. The molecule has 4 rings (SSSR count). The van der Waals surface area contributed by atoms with Crippen molar-refractivity contribution < 1.29 is 18.0 Å². The molecule has 3 aromatic carbocycles. The summed E-state index contributed by atoms with van der Waals surface area (Å²) in [6, 6.07) is 19.1. The van der Waals surface area contributed by atoms with Gasteiger partial charge in [0.05, 0.1) is 11.9 Å². The van der Waals surface area contributed by atoms with Gasteiger partial charge in [0.1, 0.15) is 12.6 Å². The fraction of sp³-hybridized carbons (Fsp3) is 0.357. The molecule has 7 nitrogen and oxygen atoms in total. The summed E-state index contributed by atoms with van der Waals surface area (Å²) in [7, 11) is -3.81. The van der Waals surface area contributed by atoms with Gasteiger partial charge in [-0.2, -0.15) is 0 Å². The highest BCUT2D eigenvalue weighted by Crippen LogP contribution is 2.29. The molecule has 0 radical (unpaired) electrons. The van der Waals surface area contributed by atoms with Crippen molar-refractivity contribution in [1.82, 2.24) is 10.2 Å². The summed E-state index contributed by atoms with van der Waals surface area (Å²) < 4.78 is 27.0. The van der Waals surface area contributed by atoms with E-state index < -0.39 is 28.5 Å². The molecule has 37 heavy (non-hydrogen) atoms. The minimum absolute atomic E-state index is 0.102. The lowest BCUT2D eigenvalue weighted by Gasteiger charge is -2.32. The van der Waals surface area contributed by atoms with Crippen molar-refractivity contribution in [3.63, 3.8) is 0 Å². The summed E-state index contributed by atoms with van der Waals surface area (Å²) in [4.78, 5) is 28.4. The number of hydrogen-bond acceptors (Lipinski definition) is 4. The molecule has 1 N–H and O–H groups in total. The number of carbonyl (C=O) groups is 2. The second-order valence-electron chi connectivity index (χ2n) is 9.58. The van der Waals surface area contributed by atoms with E-state index >= 15 is 0 Å². The number of halogens is 1. The number of benzene rings is 3. The molecule has 0 unspecified atom stereocenters. The van der Waals surface area contributed by atoms with Crippen molar-refractivity contribution in [1.29, 1.82) is 0 Å². The SMILES string of the molecule is C[C@@H](C(=O)NC1CCCC1)N(Cc1ccc(Cl)cc1)C(=O)CN(c1cccc2ccccc12)S(C)(=O)=O. The maximum atomic E-state index is 13.8. The van der Waals surface area contributed by atoms with E-state index in [1.54, 1.807) is 43.3 Å². The third kappa shape index (κ3) is 6.62. The normalized spacial score (nSPS) is 14.9. The highest BCUT2D eigenvalue weighted by Gasteiger charge is 2.31. The Bertz CT molecular complexity index is 1370. The molecule has 3 aromatic rings. The van der Waals surface area contributed by atoms with Crippen LogP contribution in [0.4, 0.5) is 5.69 Å². The third-order valence-corrected chi connectivity index (χ3v) is 8.23. The summed E-state index contributed by atoms with van der Waals surface area (Å²) in [6.45, 7) is 1.39. The van der Waals surface area contributed by atoms with Crippen LogP contribution in [-0.4, -0.2) is 50.0 Å². The Balaban J connectivity index is 1.65. The lowest BCUT2D eigenvalue weighted by Crippen LogP contribution is -2.52. The second-order valence-corrected chi connectivity index (χ2v) is 11.9. The van der Waals surface area contributed by atoms with Crippen molar-refractivity contribution in [3.05, 3.63) is 77.3 Å². The minimum Gasteiger partial charge on any atom is -0.352 e. The molecule has 1 saturated carbocycles. The molecule has 0 bridgehead atoms. The zero-order valence-electron chi connectivity index (χ0n) is 21.1. The summed E-state index contributed by atoms with van der Waals surface area (Å²) in [5.74, 6) is -0.715. The average Bonchev–Trinajstić information content (AvgIpc) is 3.38. The first kappa shape index (κ1) is 26.9. The molecule has 1 aliphatic rings. The van der Waals surface area contributed by atoms with Gasteiger partial charge in [0.15, 0.2) is 0 Å². The Kier molecular flexibility index (Phi) is 8.39. The molecule has 0 aliphatic heterocycles. The maximum absolute atomic E-state index is 13.8. The molecule has 1 aliphatic carbocycles. The van der Waals surface area contributed by atoms with Crippen LogP contribution in [0.1, 0.15) is 38.2 Å². The van der Waals surface area contributed by atoms with Gasteiger partial charge in [0.25, 0.3) is 0 Å². The molecule has 0 spiro atoms. The summed E-state index contributed by atoms with van der Waals surface area (Å²) in [6.07, 6.45) is 5.07. The minimum atomic E-state index is -3.81. The van der Waals surface area contributed by atoms with E-state index in [4.69, 9.17) is 11.6 Å². The topological polar surface area (TPSA) is 86.8 Å². The fourth-order valence-corrected chi connectivity index (χ4v) is 5.77. The first-order valence-corrected chi connectivity index (χ1v) is 14.7. The number of carbonyl (C=O) groups excluding carboxylic acids is 2. The average molecular weight is 542 g/mol. The van der Waals surface area contributed by atoms with Gasteiger partial charge in [0, 0.05) is 23.0 Å². The van der Waals surface area contributed by atoms with Gasteiger partial charge < -0.3 is 10.2 Å². The van der Waals surface area contributed by atoms with E-state index in [-0.39, 0.29) is 18.5 Å². The number of hydrogen-bond donors (Lipinski definition) is 1. The van der Waals surface area contributed by atoms with Gasteiger partial charge in [-0.25, -0.2) is 8.42 Å². The third-order valence-electron chi connectivity index (χ3n) is 6.85. The number of nitrogens with zero attached hydrogens (tertiary/aromatic N) is 2. The van der Waals surface area contributed by atoms with Crippen LogP contribution in [0.25, 0.3) is 10.8 Å². The molecular weight excluding hydrogens is 510 g/mol. The molecule has 1 atom stereocenters. The zero-order valence-corrected chi connectivity index (χ0v) is 22.6. The monoisotopic (exact) mass is 541 g/mol. The van der Waals surface area contributed by atoms with Crippen molar-refractivity contribution in [2.24, 2.45) is 0 Å². The van der Waals surface area contributed by atoms with Gasteiger partial charge >= 0.3 is 0 Å². The van der Waals surface area contributed by atoms with Crippen LogP contribution in [-0.2, 0) is 26.2 Å². The van der Waals surface area contributed by atoms with Crippen molar-refractivity contribution in [3.8, 4) is 0 Å². The van der Waals surface area contributed by atoms with E-state index in [0.29, 0.717) is 10.7 Å². The quantitative estimate of drug-likeness (QED) is 0.424. The van der Waals surface area contributed by atoms with E-state index in [2.05, 4.69) is 5.32 Å². The van der Waals surface area contributed by atoms with E-state index in [0.717, 1.165) is 52.6 Å². The number of nitrogens with one attached hydrogen (secondary N) is 1. The number of anilines is 1. The molecule has 196 valence electrons. The first-order valence-electron chi connectivity index (χ1n) is 12.4. The summed E-state index contributed by atoms with van der Waals surface area (Å²) >= 11 is 6.04. The second kappa shape index (κ2) is 11.5. The first-order chi connectivity index (χ1) is 17.6. The van der Waals surface area contributed by atoms with Crippen molar-refractivity contribution in [2.75, 3.05) is 17.1 Å². The fourth-order valence-electron chi connectivity index (χ4n) is 4.78. The van der Waals surface area contributed by atoms with E-state index in [1.807, 2.05) is 30.3 Å². The van der Waals surface area contributed by atoms with Gasteiger partial charge in [-0.3, -0.25) is 13.9 Å². The predicted octanol–water partition coefficient (Wildman–Crippen LogP) is 4.74. The summed E-state index contributed by atoms with van der Waals surface area (Å²) in [5, 5.41) is 5.21. The van der Waals surface area contributed by atoms with Crippen LogP contribution >= 0.6 is 11.6 Å². The van der Waals surface area contributed by atoms with Gasteiger partial charge in [-0.15, -0.1) is 0 Å². The molecule has 0 aromatic heterocycles. The lowest BCUT2D eigenvalue weighted by molar-refractivity contribution is -0.139. The lowest BCUT2D eigenvalue weighted by atomic mass is 10.1. The van der Waals surface area contributed by atoms with Gasteiger partial charge in [0.2, 0.25) is 21.8 Å². The standard InChI is InChI=1S/C28H32ClN3O4S/c1-20(28(34)30-24-10-4-5-11-24)31(18-21-14-16-23(29)17-15-21)27(33)19-32(37(2,35)36)26-13-7-9-22-8-3-6-12-25(22)26/h3,6-9,12-17,20,24H,4-5,10-11,18-19H2,1-2H3,(H,30,34)/t20-/m0/s1. The predicted molar refractivity (Wildman–Crippen MR) is 148 cm³/mol. The Morgan fingerprint density at radius 1 is 1.00 bits per heavy atom. The highest BCUT2D eigenvalue weighted by molar-refractivity contribution is 7.92. The molecule has 1 fully saturated rings. The van der Waals surface area contributed by atoms with Crippen LogP contribution in [0.15, 0.2) is 66.7 Å². The molecule has 0 heterocycles. The Hall–Kier alpha value is -3.10. The number of amides is 2. The van der Waals surface area contributed by atoms with E-state index in [1.165, 1.54) is 4.90 Å². The van der Waals surface area contributed by atoms with Crippen molar-refractivity contribution >= 4 is 49.9 Å². The Labute approximate surface area is 223 Å².